The second-order valence-corrected chi connectivity index (χ2v) is 4.56. The first-order chi connectivity index (χ1) is 7.76. The molecular formula is C12H19N3O. The van der Waals surface area contributed by atoms with Gasteiger partial charge in [-0.15, -0.1) is 0 Å². The normalized spacial score (nSPS) is 19.3. The SMILES string of the molecule is Nc1ncccc1NC1(CO)CCCCC1. The molecule has 88 valence electrons. The summed E-state index contributed by atoms with van der Waals surface area (Å²) in [5.41, 5.74) is 6.43. The van der Waals surface area contributed by atoms with Gasteiger partial charge in [-0.05, 0) is 25.0 Å². The summed E-state index contributed by atoms with van der Waals surface area (Å²) in [5, 5.41) is 12.9. The number of anilines is 2. The van der Waals surface area contributed by atoms with Gasteiger partial charge >= 0.3 is 0 Å². The van der Waals surface area contributed by atoms with Crippen LogP contribution < -0.4 is 11.1 Å². The van der Waals surface area contributed by atoms with Gasteiger partial charge < -0.3 is 16.2 Å². The van der Waals surface area contributed by atoms with Gasteiger partial charge in [0.25, 0.3) is 0 Å². The molecule has 0 unspecified atom stereocenters. The number of pyridine rings is 1. The molecular weight excluding hydrogens is 202 g/mol. The topological polar surface area (TPSA) is 71.2 Å². The van der Waals surface area contributed by atoms with Crippen molar-refractivity contribution >= 4 is 11.5 Å². The molecule has 0 spiro atoms. The number of nitrogens with one attached hydrogen (secondary N) is 1. The molecule has 0 atom stereocenters. The van der Waals surface area contributed by atoms with Gasteiger partial charge in [-0.2, -0.15) is 0 Å². The third-order valence-corrected chi connectivity index (χ3v) is 3.35. The van der Waals surface area contributed by atoms with Gasteiger partial charge in [0.15, 0.2) is 0 Å². The summed E-state index contributed by atoms with van der Waals surface area (Å²) in [4.78, 5) is 4.04. The maximum Gasteiger partial charge on any atom is 0.146 e. The zero-order valence-corrected chi connectivity index (χ0v) is 9.45. The number of aromatic nitrogens is 1. The largest absolute Gasteiger partial charge is 0.394 e. The molecule has 4 N–H and O–H groups in total. The summed E-state index contributed by atoms with van der Waals surface area (Å²) in [5.74, 6) is 0.501. The van der Waals surface area contributed by atoms with Crippen LogP contribution in [0.25, 0.3) is 0 Å². The Labute approximate surface area is 95.9 Å². The average Bonchev–Trinajstić information content (AvgIpc) is 2.33. The second kappa shape index (κ2) is 4.70. The van der Waals surface area contributed by atoms with Crippen molar-refractivity contribution in [2.75, 3.05) is 17.7 Å². The Morgan fingerprint density at radius 2 is 2.12 bits per heavy atom. The fraction of sp³-hybridized carbons (Fsp3) is 0.583. The minimum Gasteiger partial charge on any atom is -0.394 e. The summed E-state index contributed by atoms with van der Waals surface area (Å²) in [6.45, 7) is 0.154. The minimum absolute atomic E-state index is 0.154. The van der Waals surface area contributed by atoms with Crippen molar-refractivity contribution in [3.63, 3.8) is 0 Å². The Hall–Kier alpha value is -1.29. The summed E-state index contributed by atoms with van der Waals surface area (Å²) >= 11 is 0. The van der Waals surface area contributed by atoms with Crippen LogP contribution in [0.3, 0.4) is 0 Å². The predicted molar refractivity (Wildman–Crippen MR) is 65.2 cm³/mol. The van der Waals surface area contributed by atoms with Gasteiger partial charge in [0.1, 0.15) is 5.82 Å². The van der Waals surface area contributed by atoms with E-state index in [-0.39, 0.29) is 12.1 Å². The van der Waals surface area contributed by atoms with Crippen molar-refractivity contribution in [1.29, 1.82) is 0 Å². The molecule has 4 nitrogen and oxygen atoms in total. The molecule has 1 saturated carbocycles. The smallest absolute Gasteiger partial charge is 0.146 e. The van der Waals surface area contributed by atoms with E-state index in [2.05, 4.69) is 10.3 Å². The molecule has 16 heavy (non-hydrogen) atoms. The van der Waals surface area contributed by atoms with Gasteiger partial charge in [-0.1, -0.05) is 19.3 Å². The van der Waals surface area contributed by atoms with E-state index in [1.54, 1.807) is 6.20 Å². The van der Waals surface area contributed by atoms with Gasteiger partial charge in [0, 0.05) is 6.20 Å². The van der Waals surface area contributed by atoms with Gasteiger partial charge in [0.2, 0.25) is 0 Å². The monoisotopic (exact) mass is 221 g/mol. The Bertz CT molecular complexity index is 348. The summed E-state index contributed by atoms with van der Waals surface area (Å²) < 4.78 is 0. The molecule has 1 heterocycles. The van der Waals surface area contributed by atoms with E-state index >= 15 is 0 Å². The molecule has 0 amide bonds. The number of rotatable bonds is 3. The number of nitrogens with zero attached hydrogens (tertiary/aromatic N) is 1. The van der Waals surface area contributed by atoms with E-state index in [0.717, 1.165) is 31.4 Å². The highest BCUT2D eigenvalue weighted by Crippen LogP contribution is 2.32. The molecule has 2 rings (SSSR count). The zero-order chi connectivity index (χ0) is 11.4. The summed E-state index contributed by atoms with van der Waals surface area (Å²) in [6, 6.07) is 3.76. The average molecular weight is 221 g/mol. The first-order valence-corrected chi connectivity index (χ1v) is 5.85. The molecule has 1 aromatic heterocycles. The lowest BCUT2D eigenvalue weighted by molar-refractivity contribution is 0.173. The molecule has 4 heteroatoms. The highest BCUT2D eigenvalue weighted by Gasteiger charge is 2.31. The van der Waals surface area contributed by atoms with Crippen molar-refractivity contribution in [2.24, 2.45) is 0 Å². The lowest BCUT2D eigenvalue weighted by Gasteiger charge is -2.37. The van der Waals surface area contributed by atoms with E-state index in [1.165, 1.54) is 6.42 Å². The Kier molecular flexibility index (Phi) is 3.29. The number of hydrogen-bond acceptors (Lipinski definition) is 4. The standard InChI is InChI=1S/C12H19N3O/c13-11-10(5-4-8-14-11)15-12(9-16)6-2-1-3-7-12/h4-5,8,15-16H,1-3,6-7,9H2,(H2,13,14). The van der Waals surface area contributed by atoms with Crippen LogP contribution in [-0.2, 0) is 0 Å². The molecule has 0 saturated heterocycles. The second-order valence-electron chi connectivity index (χ2n) is 4.56. The van der Waals surface area contributed by atoms with Crippen LogP contribution in [0, 0.1) is 0 Å². The van der Waals surface area contributed by atoms with Crippen LogP contribution >= 0.6 is 0 Å². The Balaban J connectivity index is 2.15. The third kappa shape index (κ3) is 2.27. The van der Waals surface area contributed by atoms with Crippen LogP contribution in [0.15, 0.2) is 18.3 Å². The molecule has 1 aliphatic rings. The maximum atomic E-state index is 9.57. The number of hydrogen-bond donors (Lipinski definition) is 3. The quantitative estimate of drug-likeness (QED) is 0.727. The van der Waals surface area contributed by atoms with Crippen LogP contribution in [0.1, 0.15) is 32.1 Å². The first-order valence-electron chi connectivity index (χ1n) is 5.85. The first kappa shape index (κ1) is 11.2. The predicted octanol–water partition coefficient (Wildman–Crippen LogP) is 1.77. The third-order valence-electron chi connectivity index (χ3n) is 3.35. The molecule has 0 radical (unpaired) electrons. The number of nitrogen functional groups attached to an aromatic ring is 1. The van der Waals surface area contributed by atoms with Crippen molar-refractivity contribution in [2.45, 2.75) is 37.6 Å². The van der Waals surface area contributed by atoms with E-state index in [4.69, 9.17) is 5.73 Å². The Morgan fingerprint density at radius 3 is 2.75 bits per heavy atom. The summed E-state index contributed by atoms with van der Waals surface area (Å²) in [6.07, 6.45) is 7.25. The molecule has 1 aromatic rings. The Morgan fingerprint density at radius 1 is 1.38 bits per heavy atom. The van der Waals surface area contributed by atoms with Crippen LogP contribution in [-0.4, -0.2) is 22.2 Å². The van der Waals surface area contributed by atoms with Gasteiger partial charge in [0.05, 0.1) is 17.8 Å². The van der Waals surface area contributed by atoms with E-state index in [9.17, 15) is 5.11 Å². The van der Waals surface area contributed by atoms with Crippen LogP contribution in [0.4, 0.5) is 11.5 Å². The van der Waals surface area contributed by atoms with E-state index in [1.807, 2.05) is 12.1 Å². The van der Waals surface area contributed by atoms with Crippen molar-refractivity contribution in [3.8, 4) is 0 Å². The van der Waals surface area contributed by atoms with Crippen molar-refractivity contribution in [1.82, 2.24) is 4.98 Å². The molecule has 1 aliphatic carbocycles. The highest BCUT2D eigenvalue weighted by molar-refractivity contribution is 5.62. The number of nitrogens with two attached hydrogens (primary N) is 1. The summed E-state index contributed by atoms with van der Waals surface area (Å²) in [7, 11) is 0. The van der Waals surface area contributed by atoms with Crippen LogP contribution in [0.2, 0.25) is 0 Å². The lowest BCUT2D eigenvalue weighted by Crippen LogP contribution is -2.44. The highest BCUT2D eigenvalue weighted by atomic mass is 16.3. The number of aliphatic hydroxyl groups excluding tert-OH is 1. The molecule has 1 fully saturated rings. The maximum absolute atomic E-state index is 9.57. The minimum atomic E-state index is -0.199. The molecule has 0 bridgehead atoms. The van der Waals surface area contributed by atoms with Crippen molar-refractivity contribution < 1.29 is 5.11 Å². The van der Waals surface area contributed by atoms with E-state index < -0.39 is 0 Å². The van der Waals surface area contributed by atoms with Crippen LogP contribution in [0.5, 0.6) is 0 Å². The van der Waals surface area contributed by atoms with Gasteiger partial charge in [-0.3, -0.25) is 0 Å². The zero-order valence-electron chi connectivity index (χ0n) is 9.45. The van der Waals surface area contributed by atoms with Gasteiger partial charge in [-0.25, -0.2) is 4.98 Å². The molecule has 0 aromatic carbocycles. The fourth-order valence-electron chi connectivity index (χ4n) is 2.36. The van der Waals surface area contributed by atoms with E-state index in [0.29, 0.717) is 5.82 Å². The number of aliphatic hydroxyl groups is 1. The lowest BCUT2D eigenvalue weighted by atomic mass is 9.82. The van der Waals surface area contributed by atoms with Crippen molar-refractivity contribution in [3.05, 3.63) is 18.3 Å². The molecule has 0 aliphatic heterocycles. The fourth-order valence-corrected chi connectivity index (χ4v) is 2.36.